The molecule has 0 aliphatic carbocycles. The van der Waals surface area contributed by atoms with E-state index in [2.05, 4.69) is 41.5 Å². The number of hydrogen-bond acceptors (Lipinski definition) is 0. The van der Waals surface area contributed by atoms with Gasteiger partial charge in [-0.15, -0.1) is 0 Å². The predicted molar refractivity (Wildman–Crippen MR) is 49.8 cm³/mol. The molecule has 0 aliphatic rings. The zero-order valence-electron chi connectivity index (χ0n) is 8.91. The molecule has 0 radical (unpaired) electrons. The second kappa shape index (κ2) is 13.5. The van der Waals surface area contributed by atoms with Gasteiger partial charge in [-0.2, -0.15) is 40.5 Å². The zero-order chi connectivity index (χ0) is 8.57. The summed E-state index contributed by atoms with van der Waals surface area (Å²) in [5.41, 5.74) is 0. The van der Waals surface area contributed by atoms with Crippen molar-refractivity contribution in [1.29, 1.82) is 0 Å². The van der Waals surface area contributed by atoms with E-state index in [1.54, 1.807) is 0 Å². The molecule has 0 rings (SSSR count). The first kappa shape index (κ1) is 17.8. The van der Waals surface area contributed by atoms with Crippen LogP contribution < -0.4 is 0 Å². The van der Waals surface area contributed by atoms with Crippen molar-refractivity contribution in [2.75, 3.05) is 0 Å². The molecule has 0 spiro atoms. The molecule has 0 unspecified atom stereocenters. The maximum atomic E-state index is 2.16. The summed E-state index contributed by atoms with van der Waals surface area (Å²) in [6, 6.07) is 0. The van der Waals surface area contributed by atoms with Gasteiger partial charge in [0.1, 0.15) is 0 Å². The van der Waals surface area contributed by atoms with Crippen LogP contribution in [0.15, 0.2) is 0 Å². The van der Waals surface area contributed by atoms with Crippen molar-refractivity contribution >= 4 is 0 Å². The van der Waals surface area contributed by atoms with Gasteiger partial charge >= 0.3 is 26.2 Å². The molecule has 0 fully saturated rings. The molecule has 0 aromatic carbocycles. The van der Waals surface area contributed by atoms with Crippen LogP contribution in [0.5, 0.6) is 0 Å². The van der Waals surface area contributed by atoms with Crippen molar-refractivity contribution < 1.29 is 26.2 Å². The summed E-state index contributed by atoms with van der Waals surface area (Å²) in [6.45, 7) is 12.9. The van der Waals surface area contributed by atoms with Gasteiger partial charge in [0.05, 0.1) is 0 Å². The minimum absolute atomic E-state index is 0. The van der Waals surface area contributed by atoms with Crippen molar-refractivity contribution in [2.24, 2.45) is 0 Å². The van der Waals surface area contributed by atoms with Gasteiger partial charge in [-0.3, -0.25) is 0 Å². The first-order chi connectivity index (χ1) is 4.54. The van der Waals surface area contributed by atoms with Crippen molar-refractivity contribution in [2.45, 2.75) is 54.4 Å². The Balaban J connectivity index is -0.000000107. The van der Waals surface area contributed by atoms with Crippen LogP contribution in [0.2, 0.25) is 0 Å². The molecule has 11 heavy (non-hydrogen) atoms. The van der Waals surface area contributed by atoms with Crippen LogP contribution in [0.4, 0.5) is 0 Å². The van der Waals surface area contributed by atoms with Crippen LogP contribution in [0.3, 0.4) is 0 Å². The fourth-order valence-electron chi connectivity index (χ4n) is 0. The van der Waals surface area contributed by atoms with Crippen LogP contribution >= 0.6 is 0 Å². The van der Waals surface area contributed by atoms with Crippen LogP contribution in [0.25, 0.3) is 0 Å². The van der Waals surface area contributed by atoms with Gasteiger partial charge < -0.3 is 11.8 Å². The molecular formula is C10H22Zr. The van der Waals surface area contributed by atoms with E-state index in [-0.39, 0.29) is 26.2 Å². The second-order valence-electron chi connectivity index (χ2n) is 3.12. The van der Waals surface area contributed by atoms with Gasteiger partial charge in [-0.05, 0) is 0 Å². The molecule has 0 saturated heterocycles. The van der Waals surface area contributed by atoms with Gasteiger partial charge in [-0.25, -0.2) is 0 Å². The smallest absolute Gasteiger partial charge is 0.320 e. The molecule has 0 saturated carbocycles. The minimum atomic E-state index is 0. The van der Waals surface area contributed by atoms with E-state index in [1.807, 2.05) is 0 Å². The van der Waals surface area contributed by atoms with Gasteiger partial charge in [0.2, 0.25) is 0 Å². The summed E-state index contributed by atoms with van der Waals surface area (Å²) in [7, 11) is 0. The summed E-state index contributed by atoms with van der Waals surface area (Å²) < 4.78 is 0. The molecule has 1 heteroatoms. The van der Waals surface area contributed by atoms with E-state index in [4.69, 9.17) is 0 Å². The standard InChI is InChI=1S/2C5H11.Zr/c2*1-4-5(2)3;/h2*4H2,1-3H3;/q2*-1;+2. The summed E-state index contributed by atoms with van der Waals surface area (Å²) >= 11 is 0. The van der Waals surface area contributed by atoms with Gasteiger partial charge in [-0.1, -0.05) is 13.8 Å². The Morgan fingerprint density at radius 3 is 0.818 bits per heavy atom. The summed E-state index contributed by atoms with van der Waals surface area (Å²) in [6.07, 6.45) is 2.44. The molecule has 0 aromatic rings. The van der Waals surface area contributed by atoms with Gasteiger partial charge in [0, 0.05) is 0 Å². The molecule has 0 atom stereocenters. The fraction of sp³-hybridized carbons (Fsp3) is 0.800. The third-order valence-corrected chi connectivity index (χ3v) is 1.41. The Labute approximate surface area is 92.3 Å². The Bertz CT molecular complexity index is 40.8. The van der Waals surface area contributed by atoms with E-state index < -0.39 is 0 Å². The molecule has 66 valence electrons. The normalized spacial score (nSPS) is 8.73. The largest absolute Gasteiger partial charge is 2.00 e. The van der Waals surface area contributed by atoms with Crippen LogP contribution in [0.1, 0.15) is 54.4 Å². The van der Waals surface area contributed by atoms with Crippen molar-refractivity contribution in [3.63, 3.8) is 0 Å². The van der Waals surface area contributed by atoms with E-state index >= 15 is 0 Å². The Hall–Kier alpha value is 0.883. The summed E-state index contributed by atoms with van der Waals surface area (Å²) in [4.78, 5) is 0. The van der Waals surface area contributed by atoms with Gasteiger partial charge in [0.15, 0.2) is 0 Å². The van der Waals surface area contributed by atoms with E-state index in [0.29, 0.717) is 0 Å². The molecule has 0 aliphatic heterocycles. The van der Waals surface area contributed by atoms with Crippen molar-refractivity contribution in [3.8, 4) is 0 Å². The van der Waals surface area contributed by atoms with Crippen LogP contribution in [0, 0.1) is 11.8 Å². The van der Waals surface area contributed by atoms with Crippen molar-refractivity contribution in [1.82, 2.24) is 0 Å². The zero-order valence-corrected chi connectivity index (χ0v) is 11.4. The maximum Gasteiger partial charge on any atom is 2.00 e. The Morgan fingerprint density at radius 2 is 0.818 bits per heavy atom. The average Bonchev–Trinajstić information content (AvgIpc) is 1.89. The molecule has 0 aromatic heterocycles. The van der Waals surface area contributed by atoms with Gasteiger partial charge in [0.25, 0.3) is 0 Å². The first-order valence-electron chi connectivity index (χ1n) is 4.12. The summed E-state index contributed by atoms with van der Waals surface area (Å²) in [5.74, 6) is 3.01. The van der Waals surface area contributed by atoms with E-state index in [0.717, 1.165) is 0 Å². The maximum absolute atomic E-state index is 2.16. The molecule has 0 nitrogen and oxygen atoms in total. The molecule has 0 N–H and O–H groups in total. The Kier molecular flexibility index (Phi) is 21.8. The molecule has 0 bridgehead atoms. The Morgan fingerprint density at radius 1 is 0.727 bits per heavy atom. The molecule has 0 amide bonds. The number of rotatable bonds is 2. The minimum Gasteiger partial charge on any atom is -0.320 e. The third-order valence-electron chi connectivity index (χ3n) is 1.41. The summed E-state index contributed by atoms with van der Waals surface area (Å²) in [5, 5.41) is 0. The second-order valence-corrected chi connectivity index (χ2v) is 3.12. The average molecular weight is 234 g/mol. The first-order valence-corrected chi connectivity index (χ1v) is 4.12. The van der Waals surface area contributed by atoms with Crippen molar-refractivity contribution in [3.05, 3.63) is 11.8 Å². The fourth-order valence-corrected chi connectivity index (χ4v) is 0. The quantitative estimate of drug-likeness (QED) is 0.632. The topological polar surface area (TPSA) is 0 Å². The number of hydrogen-bond donors (Lipinski definition) is 0. The molecular weight excluding hydrogens is 211 g/mol. The van der Waals surface area contributed by atoms with E-state index in [1.165, 1.54) is 24.7 Å². The molecule has 0 heterocycles. The monoisotopic (exact) mass is 232 g/mol. The predicted octanol–water partition coefficient (Wildman–Crippen LogP) is 4.02. The third kappa shape index (κ3) is 36.0. The SMILES string of the molecule is CC[C-](C)C.CC[C-](C)C.[Zr+2]. The van der Waals surface area contributed by atoms with E-state index in [9.17, 15) is 0 Å². The van der Waals surface area contributed by atoms with Crippen LogP contribution in [-0.2, 0) is 26.2 Å². The van der Waals surface area contributed by atoms with Crippen LogP contribution in [-0.4, -0.2) is 0 Å².